The Morgan fingerprint density at radius 2 is 0.582 bits per heavy atom. The minimum Gasteiger partial charge on any atom is -0.394 e. The standard InChI is InChI=1S/C63H121NO3/c1-3-5-7-9-11-13-15-17-19-21-23-25-26-27-28-29-30-31-32-33-34-35-36-37-38-39-41-43-45-47-49-51-53-55-57-59-63(67)64-61(60-65)62(66)58-56-54-52-50-48-46-44-42-40-24-22-20-18-16-14-12-10-8-6-4-2/h21,23,48,50,56,58,61-62,65-66H,3-20,22,24-47,49,51-55,57,59-60H2,1-2H3,(H,64,67)/b23-21-,50-48+,58-56+. The average Bonchev–Trinajstić information content (AvgIpc) is 3.33. The first-order chi connectivity index (χ1) is 33.2. The third-order valence-electron chi connectivity index (χ3n) is 14.3. The van der Waals surface area contributed by atoms with E-state index in [2.05, 4.69) is 43.5 Å². The van der Waals surface area contributed by atoms with Gasteiger partial charge >= 0.3 is 0 Å². The Balaban J connectivity index is 3.44. The molecule has 4 heteroatoms. The van der Waals surface area contributed by atoms with Crippen molar-refractivity contribution in [2.45, 2.75) is 353 Å². The number of aliphatic hydroxyl groups excluding tert-OH is 2. The highest BCUT2D eigenvalue weighted by Gasteiger charge is 2.18. The van der Waals surface area contributed by atoms with Gasteiger partial charge in [0.2, 0.25) is 5.91 Å². The second-order valence-corrected chi connectivity index (χ2v) is 21.1. The first-order valence-electron chi connectivity index (χ1n) is 30.7. The van der Waals surface area contributed by atoms with Gasteiger partial charge in [0, 0.05) is 6.42 Å². The van der Waals surface area contributed by atoms with Crippen molar-refractivity contribution in [3.8, 4) is 0 Å². The van der Waals surface area contributed by atoms with Gasteiger partial charge in [-0.3, -0.25) is 4.79 Å². The topological polar surface area (TPSA) is 69.6 Å². The molecular formula is C63H121NO3. The van der Waals surface area contributed by atoms with E-state index >= 15 is 0 Å². The van der Waals surface area contributed by atoms with E-state index in [1.54, 1.807) is 6.08 Å². The van der Waals surface area contributed by atoms with Crippen LogP contribution >= 0.6 is 0 Å². The van der Waals surface area contributed by atoms with Crippen molar-refractivity contribution in [2.75, 3.05) is 6.61 Å². The highest BCUT2D eigenvalue weighted by atomic mass is 16.3. The van der Waals surface area contributed by atoms with E-state index in [4.69, 9.17) is 0 Å². The quantitative estimate of drug-likeness (QED) is 0.0420. The van der Waals surface area contributed by atoms with E-state index in [1.807, 2.05) is 6.08 Å². The number of nitrogens with one attached hydrogen (secondary N) is 1. The van der Waals surface area contributed by atoms with E-state index < -0.39 is 12.1 Å². The Labute approximate surface area is 421 Å². The third-order valence-corrected chi connectivity index (χ3v) is 14.3. The van der Waals surface area contributed by atoms with Gasteiger partial charge in [0.15, 0.2) is 0 Å². The third kappa shape index (κ3) is 55.4. The van der Waals surface area contributed by atoms with Gasteiger partial charge in [-0.1, -0.05) is 314 Å². The predicted octanol–water partition coefficient (Wildman–Crippen LogP) is 20.4. The second kappa shape index (κ2) is 58.9. The van der Waals surface area contributed by atoms with Crippen molar-refractivity contribution in [1.82, 2.24) is 5.32 Å². The summed E-state index contributed by atoms with van der Waals surface area (Å²) in [5.41, 5.74) is 0. The summed E-state index contributed by atoms with van der Waals surface area (Å²) in [6.45, 7) is 4.33. The zero-order valence-electron chi connectivity index (χ0n) is 45.7. The number of aliphatic hydroxyl groups is 2. The molecule has 2 atom stereocenters. The molecule has 0 aromatic carbocycles. The Hall–Kier alpha value is -1.39. The van der Waals surface area contributed by atoms with E-state index in [9.17, 15) is 15.0 Å². The molecule has 0 aromatic rings. The first-order valence-corrected chi connectivity index (χ1v) is 30.7. The van der Waals surface area contributed by atoms with Crippen LogP contribution in [0.3, 0.4) is 0 Å². The Kier molecular flexibility index (Phi) is 57.7. The fourth-order valence-electron chi connectivity index (χ4n) is 9.66. The van der Waals surface area contributed by atoms with Crippen molar-refractivity contribution >= 4 is 5.91 Å². The SMILES string of the molecule is CCCCCCCCCC/C=C\CCCCCCCCCCCCCCCCCCCCCCCCCC(=O)NC(CO)C(O)/C=C/CC/C=C/CCCCCCCCCCCCCCCC. The molecule has 0 bridgehead atoms. The maximum Gasteiger partial charge on any atom is 0.220 e. The maximum atomic E-state index is 12.5. The van der Waals surface area contributed by atoms with E-state index in [0.29, 0.717) is 6.42 Å². The number of amides is 1. The number of rotatable bonds is 57. The summed E-state index contributed by atoms with van der Waals surface area (Å²) in [5, 5.41) is 23.2. The molecule has 0 aliphatic heterocycles. The molecule has 1 amide bonds. The van der Waals surface area contributed by atoms with Crippen molar-refractivity contribution in [2.24, 2.45) is 0 Å². The van der Waals surface area contributed by atoms with E-state index in [-0.39, 0.29) is 12.5 Å². The molecule has 0 heterocycles. The molecule has 4 nitrogen and oxygen atoms in total. The van der Waals surface area contributed by atoms with Crippen LogP contribution in [0.4, 0.5) is 0 Å². The molecule has 0 saturated carbocycles. The molecule has 0 aromatic heterocycles. The first kappa shape index (κ1) is 65.6. The van der Waals surface area contributed by atoms with Crippen LogP contribution in [0.25, 0.3) is 0 Å². The average molecular weight is 941 g/mol. The summed E-state index contributed by atoms with van der Waals surface area (Å²) in [6, 6.07) is -0.638. The number of unbranched alkanes of at least 4 members (excludes halogenated alkanes) is 46. The van der Waals surface area contributed by atoms with E-state index in [1.165, 1.54) is 289 Å². The van der Waals surface area contributed by atoms with Crippen molar-refractivity contribution in [1.29, 1.82) is 0 Å². The van der Waals surface area contributed by atoms with Gasteiger partial charge in [-0.2, -0.15) is 0 Å². The van der Waals surface area contributed by atoms with Gasteiger partial charge in [-0.05, 0) is 57.8 Å². The number of hydrogen-bond donors (Lipinski definition) is 3. The zero-order valence-corrected chi connectivity index (χ0v) is 45.7. The van der Waals surface area contributed by atoms with Gasteiger partial charge in [-0.15, -0.1) is 0 Å². The van der Waals surface area contributed by atoms with Crippen LogP contribution < -0.4 is 5.32 Å². The monoisotopic (exact) mass is 940 g/mol. The van der Waals surface area contributed by atoms with Gasteiger partial charge in [0.1, 0.15) is 0 Å². The molecule has 3 N–H and O–H groups in total. The van der Waals surface area contributed by atoms with Gasteiger partial charge < -0.3 is 15.5 Å². The molecule has 2 unspecified atom stereocenters. The summed E-state index contributed by atoms with van der Waals surface area (Å²) in [5.74, 6) is -0.0671. The lowest BCUT2D eigenvalue weighted by molar-refractivity contribution is -0.123. The molecule has 0 fully saturated rings. The Bertz CT molecular complexity index is 1020. The molecule has 0 aliphatic carbocycles. The fourth-order valence-corrected chi connectivity index (χ4v) is 9.66. The Morgan fingerprint density at radius 3 is 0.866 bits per heavy atom. The minimum atomic E-state index is -0.861. The fraction of sp³-hybridized carbons (Fsp3) is 0.889. The maximum absolute atomic E-state index is 12.5. The second-order valence-electron chi connectivity index (χ2n) is 21.1. The van der Waals surface area contributed by atoms with E-state index in [0.717, 1.165) is 32.1 Å². The summed E-state index contributed by atoms with van der Waals surface area (Å²) in [7, 11) is 0. The highest BCUT2D eigenvalue weighted by molar-refractivity contribution is 5.76. The summed E-state index contributed by atoms with van der Waals surface area (Å²) >= 11 is 0. The van der Waals surface area contributed by atoms with Gasteiger partial charge in [0.25, 0.3) is 0 Å². The van der Waals surface area contributed by atoms with Crippen LogP contribution in [0, 0.1) is 0 Å². The Morgan fingerprint density at radius 1 is 0.343 bits per heavy atom. The lowest BCUT2D eigenvalue weighted by Gasteiger charge is -2.19. The summed E-state index contributed by atoms with van der Waals surface area (Å²) in [4.78, 5) is 12.5. The van der Waals surface area contributed by atoms with Crippen LogP contribution in [0.15, 0.2) is 36.5 Å². The molecule has 67 heavy (non-hydrogen) atoms. The largest absolute Gasteiger partial charge is 0.394 e. The van der Waals surface area contributed by atoms with Crippen molar-refractivity contribution in [3.63, 3.8) is 0 Å². The smallest absolute Gasteiger partial charge is 0.220 e. The van der Waals surface area contributed by atoms with Crippen LogP contribution in [0.1, 0.15) is 341 Å². The van der Waals surface area contributed by atoms with Crippen LogP contribution in [-0.2, 0) is 4.79 Å². The van der Waals surface area contributed by atoms with Crippen LogP contribution in [0.2, 0.25) is 0 Å². The molecule has 0 spiro atoms. The highest BCUT2D eigenvalue weighted by Crippen LogP contribution is 2.18. The molecular weight excluding hydrogens is 819 g/mol. The number of hydrogen-bond acceptors (Lipinski definition) is 3. The number of allylic oxidation sites excluding steroid dienone is 5. The molecule has 0 rings (SSSR count). The lowest BCUT2D eigenvalue weighted by Crippen LogP contribution is -2.45. The number of carbonyl (C=O) groups excluding carboxylic acids is 1. The molecule has 0 aliphatic rings. The van der Waals surface area contributed by atoms with Crippen LogP contribution in [-0.4, -0.2) is 34.9 Å². The van der Waals surface area contributed by atoms with Gasteiger partial charge in [0.05, 0.1) is 18.8 Å². The predicted molar refractivity (Wildman–Crippen MR) is 299 cm³/mol. The molecule has 396 valence electrons. The lowest BCUT2D eigenvalue weighted by atomic mass is 10.0. The van der Waals surface area contributed by atoms with Gasteiger partial charge in [-0.25, -0.2) is 0 Å². The van der Waals surface area contributed by atoms with Crippen LogP contribution in [0.5, 0.6) is 0 Å². The zero-order chi connectivity index (χ0) is 48.5. The summed E-state index contributed by atoms with van der Waals surface area (Å²) in [6.07, 6.45) is 80.6. The van der Waals surface area contributed by atoms with Crippen molar-refractivity contribution < 1.29 is 15.0 Å². The normalized spacial score (nSPS) is 13.0. The molecule has 0 saturated heterocycles. The summed E-state index contributed by atoms with van der Waals surface area (Å²) < 4.78 is 0. The number of carbonyl (C=O) groups is 1. The minimum absolute atomic E-state index is 0.0671. The van der Waals surface area contributed by atoms with Crippen molar-refractivity contribution in [3.05, 3.63) is 36.5 Å². The molecule has 0 radical (unpaired) electrons.